The van der Waals surface area contributed by atoms with Crippen molar-refractivity contribution in [1.29, 1.82) is 0 Å². The Kier molecular flexibility index (Phi) is 16.3. The van der Waals surface area contributed by atoms with Crippen molar-refractivity contribution >= 4 is 23.9 Å². The Labute approximate surface area is 143 Å². The molecule has 118 valence electrons. The fraction of sp³-hybridized carbons (Fsp3) is 0.600. The van der Waals surface area contributed by atoms with Gasteiger partial charge in [0.15, 0.2) is 0 Å². The van der Waals surface area contributed by atoms with Gasteiger partial charge in [0.2, 0.25) is 0 Å². The summed E-state index contributed by atoms with van der Waals surface area (Å²) < 4.78 is 0. The fourth-order valence-electron chi connectivity index (χ4n) is 0.805. The van der Waals surface area contributed by atoms with Crippen molar-refractivity contribution in [3.8, 4) is 0 Å². The van der Waals surface area contributed by atoms with Crippen LogP contribution in [0.25, 0.3) is 0 Å². The van der Waals surface area contributed by atoms with Crippen LogP contribution in [0.2, 0.25) is 0 Å². The molecule has 0 heterocycles. The fourth-order valence-corrected chi connectivity index (χ4v) is 0.805. The normalized spacial score (nSPS) is 11.9. The molecule has 0 saturated carbocycles. The maximum atomic E-state index is 9.99. The average Bonchev–Trinajstić information content (AvgIpc) is 2.33. The molecule has 8 N–H and O–H groups in total. The van der Waals surface area contributed by atoms with Gasteiger partial charge in [-0.25, -0.2) is 0 Å². The molecule has 0 amide bonds. The average molecular weight is 318 g/mol. The number of carboxylic acids is 4. The van der Waals surface area contributed by atoms with Gasteiger partial charge in [0.1, 0.15) is 12.1 Å². The zero-order valence-electron chi connectivity index (χ0n) is 12.6. The van der Waals surface area contributed by atoms with Crippen LogP contribution >= 0.6 is 0 Å². The Balaban J connectivity index is -0.000000135. The largest absolute Gasteiger partial charge is 1.00 e. The molecule has 2 atom stereocenters. The van der Waals surface area contributed by atoms with Crippen LogP contribution in [0.15, 0.2) is 0 Å². The third kappa shape index (κ3) is 18.8. The molecule has 0 bridgehead atoms. The van der Waals surface area contributed by atoms with E-state index in [-0.39, 0.29) is 56.7 Å². The topological polar surface area (TPSA) is 201 Å². The van der Waals surface area contributed by atoms with Gasteiger partial charge in [0, 0.05) is 12.8 Å². The van der Waals surface area contributed by atoms with E-state index in [1.54, 1.807) is 0 Å². The standard InChI is InChI=1S/2C5H9NO4.Na.H/c2*6-3(5(9)10)1-2-4(7)8;;/h2*3H,1-2,6H2,(H,7,8)(H,9,10);;/q;;+1;-1. The van der Waals surface area contributed by atoms with Crippen molar-refractivity contribution in [2.24, 2.45) is 11.5 Å². The first kappa shape index (κ1) is 24.8. The van der Waals surface area contributed by atoms with Crippen LogP contribution in [0.4, 0.5) is 0 Å². The van der Waals surface area contributed by atoms with Gasteiger partial charge in [0.25, 0.3) is 0 Å². The third-order valence-corrected chi connectivity index (χ3v) is 1.97. The molecule has 21 heavy (non-hydrogen) atoms. The Bertz CT molecular complexity index is 335. The summed E-state index contributed by atoms with van der Waals surface area (Å²) in [5.41, 5.74) is 10.0. The number of hydrogen-bond donors (Lipinski definition) is 6. The van der Waals surface area contributed by atoms with Gasteiger partial charge >= 0.3 is 53.4 Å². The van der Waals surface area contributed by atoms with Crippen LogP contribution in [0.3, 0.4) is 0 Å². The summed E-state index contributed by atoms with van der Waals surface area (Å²) in [6, 6.07) is -2.12. The number of hydrogen-bond acceptors (Lipinski definition) is 6. The third-order valence-electron chi connectivity index (χ3n) is 1.97. The zero-order valence-corrected chi connectivity index (χ0v) is 13.6. The molecule has 0 spiro atoms. The first-order valence-electron chi connectivity index (χ1n) is 5.48. The second-order valence-electron chi connectivity index (χ2n) is 3.75. The molecule has 0 saturated heterocycles. The van der Waals surface area contributed by atoms with Crippen molar-refractivity contribution in [3.05, 3.63) is 0 Å². The molecular weight excluding hydrogens is 299 g/mol. The molecule has 10 nitrogen and oxygen atoms in total. The van der Waals surface area contributed by atoms with E-state index in [1.807, 2.05) is 0 Å². The van der Waals surface area contributed by atoms with Crippen molar-refractivity contribution in [1.82, 2.24) is 0 Å². The van der Waals surface area contributed by atoms with Gasteiger partial charge < -0.3 is 33.3 Å². The van der Waals surface area contributed by atoms with Crippen molar-refractivity contribution in [3.63, 3.8) is 0 Å². The van der Waals surface area contributed by atoms with E-state index < -0.39 is 36.0 Å². The molecule has 0 aliphatic carbocycles. The van der Waals surface area contributed by atoms with Crippen LogP contribution in [-0.4, -0.2) is 56.4 Å². The maximum Gasteiger partial charge on any atom is 1.00 e. The maximum absolute atomic E-state index is 9.99. The Morgan fingerprint density at radius 2 is 1.00 bits per heavy atom. The quantitative estimate of drug-likeness (QED) is 0.237. The van der Waals surface area contributed by atoms with Crippen LogP contribution in [0.1, 0.15) is 27.1 Å². The van der Waals surface area contributed by atoms with E-state index in [0.29, 0.717) is 0 Å². The Morgan fingerprint density at radius 1 is 0.762 bits per heavy atom. The van der Waals surface area contributed by atoms with Gasteiger partial charge in [-0.2, -0.15) is 0 Å². The minimum atomic E-state index is -1.17. The van der Waals surface area contributed by atoms with E-state index in [1.165, 1.54) is 0 Å². The van der Waals surface area contributed by atoms with Crippen molar-refractivity contribution in [2.75, 3.05) is 0 Å². The van der Waals surface area contributed by atoms with Crippen LogP contribution in [0.5, 0.6) is 0 Å². The number of carboxylic acid groups (broad SMARTS) is 4. The summed E-state index contributed by atoms with van der Waals surface area (Å²) in [7, 11) is 0. The van der Waals surface area contributed by atoms with E-state index >= 15 is 0 Å². The van der Waals surface area contributed by atoms with Crippen molar-refractivity contribution in [2.45, 2.75) is 37.8 Å². The van der Waals surface area contributed by atoms with Gasteiger partial charge in [-0.1, -0.05) is 0 Å². The summed E-state index contributed by atoms with van der Waals surface area (Å²) in [5.74, 6) is -4.39. The summed E-state index contributed by atoms with van der Waals surface area (Å²) in [5, 5.41) is 32.5. The van der Waals surface area contributed by atoms with Crippen LogP contribution < -0.4 is 41.0 Å². The van der Waals surface area contributed by atoms with Gasteiger partial charge in [-0.05, 0) is 12.8 Å². The smallest absolute Gasteiger partial charge is 1.00 e. The molecule has 0 aliphatic heterocycles. The van der Waals surface area contributed by atoms with E-state index in [2.05, 4.69) is 0 Å². The number of aliphatic carboxylic acids is 4. The minimum absolute atomic E-state index is 0. The number of nitrogens with two attached hydrogens (primary N) is 2. The summed E-state index contributed by atoms with van der Waals surface area (Å²) >= 11 is 0. The first-order valence-corrected chi connectivity index (χ1v) is 5.48. The molecule has 0 aromatic heterocycles. The molecule has 11 heteroatoms. The second kappa shape index (κ2) is 13.8. The Morgan fingerprint density at radius 3 is 1.14 bits per heavy atom. The van der Waals surface area contributed by atoms with E-state index in [4.69, 9.17) is 31.9 Å². The van der Waals surface area contributed by atoms with Crippen molar-refractivity contribution < 1.29 is 70.6 Å². The molecule has 0 fully saturated rings. The molecule has 0 radical (unpaired) electrons. The van der Waals surface area contributed by atoms with E-state index in [0.717, 1.165) is 0 Å². The molecule has 0 rings (SSSR count). The zero-order chi connectivity index (χ0) is 16.3. The second-order valence-corrected chi connectivity index (χ2v) is 3.75. The van der Waals surface area contributed by atoms with Crippen LogP contribution in [-0.2, 0) is 19.2 Å². The summed E-state index contributed by atoms with van der Waals surface area (Å²) in [6.07, 6.45) is -0.448. The molecular formula is C10H19N2NaO8. The molecule has 0 aliphatic rings. The molecule has 0 aromatic carbocycles. The number of carbonyl (C=O) groups is 4. The molecule has 0 aromatic rings. The number of rotatable bonds is 8. The summed E-state index contributed by atoms with van der Waals surface area (Å²) in [6.45, 7) is 0. The van der Waals surface area contributed by atoms with Gasteiger partial charge in [0.05, 0.1) is 0 Å². The van der Waals surface area contributed by atoms with E-state index in [9.17, 15) is 19.2 Å². The van der Waals surface area contributed by atoms with Gasteiger partial charge in [-0.15, -0.1) is 0 Å². The predicted molar refractivity (Wildman–Crippen MR) is 66.1 cm³/mol. The minimum Gasteiger partial charge on any atom is -1.00 e. The van der Waals surface area contributed by atoms with Gasteiger partial charge in [-0.3, -0.25) is 19.2 Å². The SMILES string of the molecule is NC(CCC(=O)O)C(=O)O.NC(CCC(=O)O)C(=O)O.[H-].[Na+]. The molecule has 2 unspecified atom stereocenters. The Hall–Kier alpha value is -1.20. The first-order chi connectivity index (χ1) is 9.07. The van der Waals surface area contributed by atoms with Crippen LogP contribution in [0, 0.1) is 0 Å². The summed E-state index contributed by atoms with van der Waals surface area (Å²) in [4.78, 5) is 39.7. The monoisotopic (exact) mass is 318 g/mol. The predicted octanol–water partition coefficient (Wildman–Crippen LogP) is -4.36.